The van der Waals surface area contributed by atoms with Gasteiger partial charge in [0.1, 0.15) is 17.0 Å². The molecule has 0 saturated heterocycles. The number of alkyl halides is 2. The van der Waals surface area contributed by atoms with Crippen molar-refractivity contribution in [3.63, 3.8) is 0 Å². The number of rotatable bonds is 5. The summed E-state index contributed by atoms with van der Waals surface area (Å²) in [5, 5.41) is 0. The number of fused-ring (bicyclic) bond motifs is 1. The van der Waals surface area contributed by atoms with Crippen LogP contribution in [-0.4, -0.2) is 32.1 Å². The second-order valence-electron chi connectivity index (χ2n) is 8.00. The second-order valence-corrected chi connectivity index (χ2v) is 8.00. The van der Waals surface area contributed by atoms with E-state index >= 15 is 0 Å². The Morgan fingerprint density at radius 2 is 1.97 bits per heavy atom. The van der Waals surface area contributed by atoms with Gasteiger partial charge in [-0.25, -0.2) is 18.7 Å². The fraction of sp³-hybridized carbons (Fsp3) is 0.240. The molecule has 6 nitrogen and oxygen atoms in total. The van der Waals surface area contributed by atoms with Crippen molar-refractivity contribution in [3.8, 4) is 11.3 Å². The molecule has 0 saturated carbocycles. The van der Waals surface area contributed by atoms with E-state index in [1.54, 1.807) is 29.9 Å². The number of aromatic nitrogens is 4. The number of nitrogens with zero attached hydrogens (tertiary/aromatic N) is 4. The molecule has 0 amide bonds. The molecule has 4 heterocycles. The van der Waals surface area contributed by atoms with Gasteiger partial charge in [-0.05, 0) is 29.7 Å². The number of hydrogen-bond acceptors (Lipinski definition) is 4. The van der Waals surface area contributed by atoms with E-state index < -0.39 is 6.43 Å². The molecule has 4 aromatic rings. The van der Waals surface area contributed by atoms with Crippen molar-refractivity contribution in [2.75, 3.05) is 13.2 Å². The summed E-state index contributed by atoms with van der Waals surface area (Å²) in [5.74, 6) is 0.771. The number of ether oxygens (including phenoxy) is 1. The first-order valence-corrected chi connectivity index (χ1v) is 10.7. The third kappa shape index (κ3) is 4.09. The first kappa shape index (κ1) is 21.2. The van der Waals surface area contributed by atoms with E-state index in [1.165, 1.54) is 6.07 Å². The van der Waals surface area contributed by atoms with Gasteiger partial charge in [0.05, 0.1) is 25.1 Å². The average Bonchev–Trinajstić information content (AvgIpc) is 3.27. The van der Waals surface area contributed by atoms with E-state index in [9.17, 15) is 13.6 Å². The molecule has 1 aromatic carbocycles. The van der Waals surface area contributed by atoms with Gasteiger partial charge in [0.2, 0.25) is 0 Å². The third-order valence-electron chi connectivity index (χ3n) is 5.91. The summed E-state index contributed by atoms with van der Waals surface area (Å²) < 4.78 is 34.8. The average molecular weight is 448 g/mol. The summed E-state index contributed by atoms with van der Waals surface area (Å²) >= 11 is 0. The predicted octanol–water partition coefficient (Wildman–Crippen LogP) is 4.43. The summed E-state index contributed by atoms with van der Waals surface area (Å²) in [6.07, 6.45) is 4.26. The van der Waals surface area contributed by atoms with E-state index in [2.05, 4.69) is 9.97 Å². The molecule has 0 unspecified atom stereocenters. The maximum atomic E-state index is 13.0. The van der Waals surface area contributed by atoms with E-state index in [4.69, 9.17) is 4.74 Å². The Balaban J connectivity index is 1.46. The Bertz CT molecular complexity index is 1400. The largest absolute Gasteiger partial charge is 0.377 e. The highest BCUT2D eigenvalue weighted by atomic mass is 19.3. The van der Waals surface area contributed by atoms with Crippen LogP contribution in [0, 0.1) is 0 Å². The lowest BCUT2D eigenvalue weighted by atomic mass is 10.0. The number of benzene rings is 1. The zero-order valence-corrected chi connectivity index (χ0v) is 18.0. The zero-order chi connectivity index (χ0) is 22.9. The van der Waals surface area contributed by atoms with Gasteiger partial charge >= 0.3 is 0 Å². The normalized spacial score (nSPS) is 14.1. The molecule has 0 N–H and O–H groups in total. The van der Waals surface area contributed by atoms with Crippen molar-refractivity contribution >= 4 is 11.1 Å². The van der Waals surface area contributed by atoms with E-state index in [0.29, 0.717) is 30.8 Å². The molecule has 3 aromatic heterocycles. The quantitative estimate of drug-likeness (QED) is 0.453. The van der Waals surface area contributed by atoms with E-state index in [0.717, 1.165) is 34.6 Å². The van der Waals surface area contributed by atoms with Crippen molar-refractivity contribution in [3.05, 3.63) is 94.1 Å². The molecule has 0 radical (unpaired) electrons. The molecule has 1 aliphatic rings. The summed E-state index contributed by atoms with van der Waals surface area (Å²) in [7, 11) is 1.76. The lowest BCUT2D eigenvalue weighted by Crippen LogP contribution is -2.23. The number of imidazole rings is 1. The van der Waals surface area contributed by atoms with Crippen LogP contribution < -0.4 is 5.56 Å². The first-order valence-electron chi connectivity index (χ1n) is 10.7. The van der Waals surface area contributed by atoms with Gasteiger partial charge in [-0.1, -0.05) is 36.4 Å². The molecular formula is C25H22F2N4O2. The minimum Gasteiger partial charge on any atom is -0.377 e. The summed E-state index contributed by atoms with van der Waals surface area (Å²) in [5.41, 5.74) is 4.34. The number of pyridine rings is 1. The van der Waals surface area contributed by atoms with Crippen LogP contribution >= 0.6 is 0 Å². The van der Waals surface area contributed by atoms with Gasteiger partial charge in [-0.2, -0.15) is 0 Å². The summed E-state index contributed by atoms with van der Waals surface area (Å²) in [6, 6.07) is 12.2. The fourth-order valence-corrected chi connectivity index (χ4v) is 4.06. The monoisotopic (exact) mass is 448 g/mol. The maximum Gasteiger partial charge on any atom is 0.280 e. The Morgan fingerprint density at radius 1 is 1.15 bits per heavy atom. The van der Waals surface area contributed by atoms with Gasteiger partial charge in [-0.3, -0.25) is 9.20 Å². The minimum absolute atomic E-state index is 0.108. The lowest BCUT2D eigenvalue weighted by molar-refractivity contribution is 0.146. The lowest BCUT2D eigenvalue weighted by Gasteiger charge is -2.14. The van der Waals surface area contributed by atoms with E-state index in [1.807, 2.05) is 40.9 Å². The minimum atomic E-state index is -2.61. The molecule has 0 aliphatic carbocycles. The summed E-state index contributed by atoms with van der Waals surface area (Å²) in [4.78, 5) is 21.5. The number of hydrogen-bond donors (Lipinski definition) is 0. The topological polar surface area (TPSA) is 61.4 Å². The molecule has 5 rings (SSSR count). The fourth-order valence-electron chi connectivity index (χ4n) is 4.06. The van der Waals surface area contributed by atoms with Crippen molar-refractivity contribution in [2.24, 2.45) is 7.05 Å². The van der Waals surface area contributed by atoms with Crippen molar-refractivity contribution < 1.29 is 13.5 Å². The molecule has 0 atom stereocenters. The molecule has 168 valence electrons. The highest BCUT2D eigenvalue weighted by Gasteiger charge is 2.16. The molecular weight excluding hydrogens is 426 g/mol. The van der Waals surface area contributed by atoms with Gasteiger partial charge in [0.25, 0.3) is 12.0 Å². The molecule has 33 heavy (non-hydrogen) atoms. The predicted molar refractivity (Wildman–Crippen MR) is 121 cm³/mol. The Kier molecular flexibility index (Phi) is 5.60. The second kappa shape index (κ2) is 8.71. The number of halogens is 2. The van der Waals surface area contributed by atoms with Gasteiger partial charge < -0.3 is 9.30 Å². The SMILES string of the molecule is Cn1c(Cc2ccc(-c3cccc(C(F)F)n3)cc2)cn2c(C3=CCOCC3)ncc2c1=O. The van der Waals surface area contributed by atoms with Crippen LogP contribution in [0.5, 0.6) is 0 Å². The van der Waals surface area contributed by atoms with Crippen LogP contribution in [0.15, 0.2) is 65.7 Å². The zero-order valence-electron chi connectivity index (χ0n) is 18.0. The molecule has 0 fully saturated rings. The van der Waals surface area contributed by atoms with Crippen LogP contribution in [0.25, 0.3) is 22.3 Å². The van der Waals surface area contributed by atoms with Gasteiger partial charge in [0, 0.05) is 30.9 Å². The van der Waals surface area contributed by atoms with Crippen molar-refractivity contribution in [1.29, 1.82) is 0 Å². The van der Waals surface area contributed by atoms with Crippen LogP contribution in [0.3, 0.4) is 0 Å². The molecule has 1 aliphatic heterocycles. The smallest absolute Gasteiger partial charge is 0.280 e. The van der Waals surface area contributed by atoms with Gasteiger partial charge in [-0.15, -0.1) is 0 Å². The van der Waals surface area contributed by atoms with Gasteiger partial charge in [0.15, 0.2) is 0 Å². The maximum absolute atomic E-state index is 13.0. The third-order valence-corrected chi connectivity index (χ3v) is 5.91. The van der Waals surface area contributed by atoms with Crippen molar-refractivity contribution in [2.45, 2.75) is 19.3 Å². The van der Waals surface area contributed by atoms with Crippen LogP contribution in [0.1, 0.15) is 35.6 Å². The summed E-state index contributed by atoms with van der Waals surface area (Å²) in [6.45, 7) is 1.18. The van der Waals surface area contributed by atoms with E-state index in [-0.39, 0.29) is 11.3 Å². The highest BCUT2D eigenvalue weighted by Crippen LogP contribution is 2.24. The van der Waals surface area contributed by atoms with Crippen molar-refractivity contribution in [1.82, 2.24) is 18.9 Å². The standard InChI is InChI=1S/C25H22F2N4O2/c1-30-19(15-31-22(25(30)32)14-28-24(31)18-9-11-33-12-10-18)13-16-5-7-17(8-6-16)20-3-2-4-21(29-20)23(26)27/h2-9,14-15,23H,10-13H2,1H3. The Morgan fingerprint density at radius 3 is 2.70 bits per heavy atom. The first-order chi connectivity index (χ1) is 16.0. The van der Waals surface area contributed by atoms with Crippen LogP contribution in [0.2, 0.25) is 0 Å². The molecule has 0 spiro atoms. The molecule has 0 bridgehead atoms. The highest BCUT2D eigenvalue weighted by molar-refractivity contribution is 5.65. The Hall–Kier alpha value is -3.65. The van der Waals surface area contributed by atoms with Crippen LogP contribution in [0.4, 0.5) is 8.78 Å². The van der Waals surface area contributed by atoms with Crippen LogP contribution in [-0.2, 0) is 18.2 Å². The molecule has 8 heteroatoms. The Labute approximate surface area is 188 Å².